The molecule has 0 saturated carbocycles. The van der Waals surface area contributed by atoms with E-state index in [-0.39, 0.29) is 12.2 Å². The first-order valence-electron chi connectivity index (χ1n) is 4.50. The van der Waals surface area contributed by atoms with Gasteiger partial charge in [0, 0.05) is 17.6 Å². The molecule has 0 bridgehead atoms. The van der Waals surface area contributed by atoms with Gasteiger partial charge in [-0.2, -0.15) is 5.26 Å². The summed E-state index contributed by atoms with van der Waals surface area (Å²) in [6.07, 6.45) is 0. The van der Waals surface area contributed by atoms with Gasteiger partial charge in [0.05, 0.1) is 5.56 Å². The van der Waals surface area contributed by atoms with Crippen molar-refractivity contribution in [1.82, 2.24) is 9.59 Å². The zero-order valence-corrected chi connectivity index (χ0v) is 9.93. The summed E-state index contributed by atoms with van der Waals surface area (Å²) < 4.78 is 22.6. The molecule has 0 radical (unpaired) electrons. The zero-order chi connectivity index (χ0) is 12.3. The van der Waals surface area contributed by atoms with Crippen LogP contribution in [0.5, 0.6) is 5.75 Å². The number of hydrogen-bond donors (Lipinski definition) is 0. The average molecular weight is 270 g/mol. The molecule has 1 aromatic carbocycles. The number of nitrogens with zero attached hydrogens (tertiary/aromatic N) is 3. The van der Waals surface area contributed by atoms with Gasteiger partial charge in [-0.05, 0) is 12.1 Å². The van der Waals surface area contributed by atoms with Crippen LogP contribution >= 0.6 is 23.1 Å². The Hall–Kier alpha value is -1.71. The predicted molar refractivity (Wildman–Crippen MR) is 60.4 cm³/mol. The minimum atomic E-state index is -0.618. The van der Waals surface area contributed by atoms with Crippen molar-refractivity contribution in [1.29, 1.82) is 5.26 Å². The van der Waals surface area contributed by atoms with Gasteiger partial charge < -0.3 is 4.74 Å². The largest absolute Gasteiger partial charge is 0.487 e. The molecule has 17 heavy (non-hydrogen) atoms. The molecule has 2 aromatic rings. The van der Waals surface area contributed by atoms with Crippen LogP contribution in [0.2, 0.25) is 4.34 Å². The van der Waals surface area contributed by atoms with Gasteiger partial charge in [-0.3, -0.25) is 0 Å². The molecule has 0 unspecified atom stereocenters. The Morgan fingerprint density at radius 1 is 1.53 bits per heavy atom. The maximum Gasteiger partial charge on any atom is 0.144 e. The Balaban J connectivity index is 2.08. The van der Waals surface area contributed by atoms with E-state index in [1.54, 1.807) is 6.07 Å². The van der Waals surface area contributed by atoms with E-state index in [2.05, 4.69) is 9.59 Å². The van der Waals surface area contributed by atoms with Crippen molar-refractivity contribution < 1.29 is 9.13 Å². The summed E-state index contributed by atoms with van der Waals surface area (Å²) in [6, 6.07) is 5.74. The summed E-state index contributed by atoms with van der Waals surface area (Å²) in [6.45, 7) is 0.112. The van der Waals surface area contributed by atoms with Gasteiger partial charge in [0.25, 0.3) is 0 Å². The van der Waals surface area contributed by atoms with Crippen molar-refractivity contribution in [2.75, 3.05) is 0 Å². The second kappa shape index (κ2) is 5.08. The molecule has 2 rings (SSSR count). The number of halogens is 2. The normalized spacial score (nSPS) is 9.94. The molecular weight excluding hydrogens is 265 g/mol. The monoisotopic (exact) mass is 269 g/mol. The molecule has 0 aliphatic rings. The van der Waals surface area contributed by atoms with Gasteiger partial charge in [0.2, 0.25) is 0 Å². The van der Waals surface area contributed by atoms with E-state index in [0.29, 0.717) is 15.8 Å². The molecule has 0 amide bonds. The highest BCUT2D eigenvalue weighted by molar-refractivity contribution is 7.10. The van der Waals surface area contributed by atoms with Crippen LogP contribution in [0.15, 0.2) is 18.2 Å². The second-order valence-electron chi connectivity index (χ2n) is 3.04. The van der Waals surface area contributed by atoms with Crippen LogP contribution in [0.4, 0.5) is 4.39 Å². The lowest BCUT2D eigenvalue weighted by Crippen LogP contribution is -1.97. The Bertz CT molecular complexity index is 581. The summed E-state index contributed by atoms with van der Waals surface area (Å²) in [5.74, 6) is -0.307. The Morgan fingerprint density at radius 2 is 2.35 bits per heavy atom. The third-order valence-electron chi connectivity index (χ3n) is 1.95. The second-order valence-corrected chi connectivity index (χ2v) is 4.39. The van der Waals surface area contributed by atoms with Crippen LogP contribution in [0.1, 0.15) is 11.3 Å². The van der Waals surface area contributed by atoms with Crippen molar-refractivity contribution in [3.63, 3.8) is 0 Å². The SMILES string of the molecule is N#Cc1ccc(OCc2nnsc2Cl)cc1F. The summed E-state index contributed by atoms with van der Waals surface area (Å²) in [5.41, 5.74) is 0.479. The van der Waals surface area contributed by atoms with Crippen LogP contribution in [-0.4, -0.2) is 9.59 Å². The van der Waals surface area contributed by atoms with E-state index in [4.69, 9.17) is 21.6 Å². The molecule has 0 aliphatic heterocycles. The Morgan fingerprint density at radius 3 is 2.94 bits per heavy atom. The van der Waals surface area contributed by atoms with Gasteiger partial charge in [-0.25, -0.2) is 4.39 Å². The first-order valence-corrected chi connectivity index (χ1v) is 5.65. The van der Waals surface area contributed by atoms with Crippen LogP contribution in [0.25, 0.3) is 0 Å². The summed E-state index contributed by atoms with van der Waals surface area (Å²) in [7, 11) is 0. The van der Waals surface area contributed by atoms with Crippen LogP contribution in [0.3, 0.4) is 0 Å². The highest BCUT2D eigenvalue weighted by Crippen LogP contribution is 2.21. The lowest BCUT2D eigenvalue weighted by atomic mass is 10.2. The van der Waals surface area contributed by atoms with Gasteiger partial charge in [0.1, 0.15) is 34.3 Å². The minimum Gasteiger partial charge on any atom is -0.487 e. The van der Waals surface area contributed by atoms with Crippen molar-refractivity contribution in [3.05, 3.63) is 39.6 Å². The molecule has 86 valence electrons. The van der Waals surface area contributed by atoms with Crippen LogP contribution < -0.4 is 4.74 Å². The smallest absolute Gasteiger partial charge is 0.144 e. The van der Waals surface area contributed by atoms with Crippen molar-refractivity contribution in [2.24, 2.45) is 0 Å². The Labute approximate surface area is 105 Å². The first-order chi connectivity index (χ1) is 8.20. The maximum atomic E-state index is 13.2. The van der Waals surface area contributed by atoms with Crippen molar-refractivity contribution in [2.45, 2.75) is 6.61 Å². The van der Waals surface area contributed by atoms with E-state index < -0.39 is 5.82 Å². The number of benzene rings is 1. The maximum absolute atomic E-state index is 13.2. The quantitative estimate of drug-likeness (QED) is 0.860. The highest BCUT2D eigenvalue weighted by atomic mass is 35.5. The lowest BCUT2D eigenvalue weighted by Gasteiger charge is -2.04. The molecule has 0 spiro atoms. The van der Waals surface area contributed by atoms with Gasteiger partial charge in [-0.15, -0.1) is 5.10 Å². The van der Waals surface area contributed by atoms with Crippen molar-refractivity contribution >= 4 is 23.1 Å². The lowest BCUT2D eigenvalue weighted by molar-refractivity contribution is 0.299. The zero-order valence-electron chi connectivity index (χ0n) is 8.35. The van der Waals surface area contributed by atoms with E-state index in [9.17, 15) is 4.39 Å². The third-order valence-corrected chi connectivity index (χ3v) is 2.93. The predicted octanol–water partition coefficient (Wildman–Crippen LogP) is 2.78. The van der Waals surface area contributed by atoms with Crippen molar-refractivity contribution in [3.8, 4) is 11.8 Å². The molecule has 0 atom stereocenters. The fourth-order valence-electron chi connectivity index (χ4n) is 1.11. The Kier molecular flexibility index (Phi) is 3.52. The molecular formula is C10H5ClFN3OS. The van der Waals surface area contributed by atoms with Gasteiger partial charge in [-0.1, -0.05) is 16.1 Å². The molecule has 0 saturated heterocycles. The summed E-state index contributed by atoms with van der Waals surface area (Å²) in [5, 5.41) is 12.3. The number of rotatable bonds is 3. The molecule has 7 heteroatoms. The van der Waals surface area contributed by atoms with Crippen LogP contribution in [0, 0.1) is 17.1 Å². The number of ether oxygens (including phenoxy) is 1. The highest BCUT2D eigenvalue weighted by Gasteiger charge is 2.07. The number of hydrogen-bond acceptors (Lipinski definition) is 5. The number of nitriles is 1. The first kappa shape index (κ1) is 11.8. The van der Waals surface area contributed by atoms with E-state index in [0.717, 1.165) is 17.6 Å². The molecule has 4 nitrogen and oxygen atoms in total. The van der Waals surface area contributed by atoms with Crippen LogP contribution in [-0.2, 0) is 6.61 Å². The topological polar surface area (TPSA) is 58.8 Å². The van der Waals surface area contributed by atoms with E-state index in [1.807, 2.05) is 0 Å². The average Bonchev–Trinajstić information content (AvgIpc) is 2.72. The standard InChI is InChI=1S/C10H5ClFN3OS/c11-10-9(14-15-17-10)5-16-7-2-1-6(4-13)8(12)3-7/h1-3H,5H2. The molecule has 0 aliphatic carbocycles. The van der Waals surface area contributed by atoms with E-state index in [1.165, 1.54) is 12.1 Å². The molecule has 1 heterocycles. The molecule has 1 aromatic heterocycles. The number of aromatic nitrogens is 2. The molecule has 0 fully saturated rings. The summed E-state index contributed by atoms with van der Waals surface area (Å²) >= 11 is 6.84. The fourth-order valence-corrected chi connectivity index (χ4v) is 1.71. The summed E-state index contributed by atoms with van der Waals surface area (Å²) in [4.78, 5) is 0. The van der Waals surface area contributed by atoms with Gasteiger partial charge in [0.15, 0.2) is 0 Å². The minimum absolute atomic E-state index is 0.0225. The van der Waals surface area contributed by atoms with E-state index >= 15 is 0 Å². The third kappa shape index (κ3) is 2.70. The molecule has 0 N–H and O–H groups in total. The fraction of sp³-hybridized carbons (Fsp3) is 0.100. The van der Waals surface area contributed by atoms with Gasteiger partial charge >= 0.3 is 0 Å².